The molecule has 330 valence electrons. The first-order valence-electron chi connectivity index (χ1n) is 19.6. The molecule has 23 nitrogen and oxygen atoms in total. The summed E-state index contributed by atoms with van der Waals surface area (Å²) in [5, 5.41) is 38.4. The summed E-state index contributed by atoms with van der Waals surface area (Å²) < 4.78 is 0. The summed E-state index contributed by atoms with van der Waals surface area (Å²) in [7, 11) is 0. The van der Waals surface area contributed by atoms with Gasteiger partial charge in [0.15, 0.2) is 0 Å². The van der Waals surface area contributed by atoms with Gasteiger partial charge in [0.05, 0.1) is 19.1 Å². The second-order valence-electron chi connectivity index (χ2n) is 14.6. The zero-order valence-corrected chi connectivity index (χ0v) is 33.7. The minimum absolute atomic E-state index is 0.144. The molecule has 0 aromatic heterocycles. The molecule has 0 aliphatic carbocycles. The highest BCUT2D eigenvalue weighted by Crippen LogP contribution is 2.18. The summed E-state index contributed by atoms with van der Waals surface area (Å²) in [6, 6.07) is -8.18. The van der Waals surface area contributed by atoms with E-state index in [0.29, 0.717) is 25.8 Å². The SMILES string of the molecule is CC[C@H](C)[C@H](NC(=O)[C@H](C)NC(=O)CNC(=O)[C@@H]1CCCN1)C(=O)N[C@@H](CCC(=O)O)C(=O)N[C@@H](CCC(N)=O)C(=O)NCC(=O)N1CCC[C@H]1C(=O)N[C@@H](C)C(=O)O. The highest BCUT2D eigenvalue weighted by Gasteiger charge is 2.37. The summed E-state index contributed by atoms with van der Waals surface area (Å²) in [6.45, 7) is 5.75. The van der Waals surface area contributed by atoms with Gasteiger partial charge in [-0.15, -0.1) is 0 Å². The van der Waals surface area contributed by atoms with E-state index >= 15 is 0 Å². The molecule has 2 rings (SSSR count). The van der Waals surface area contributed by atoms with Gasteiger partial charge in [-0.05, 0) is 64.8 Å². The molecule has 59 heavy (non-hydrogen) atoms. The first kappa shape index (κ1) is 49.3. The molecule has 2 saturated heterocycles. The number of amides is 9. The number of nitrogens with two attached hydrogens (primary N) is 1. The Morgan fingerprint density at radius 1 is 0.712 bits per heavy atom. The van der Waals surface area contributed by atoms with Crippen LogP contribution in [0.25, 0.3) is 0 Å². The summed E-state index contributed by atoms with van der Waals surface area (Å²) >= 11 is 0. The lowest BCUT2D eigenvalue weighted by molar-refractivity contribution is -0.143. The van der Waals surface area contributed by atoms with E-state index in [9.17, 15) is 57.8 Å². The van der Waals surface area contributed by atoms with E-state index in [1.165, 1.54) is 18.7 Å². The number of rotatable bonds is 24. The molecule has 8 atom stereocenters. The molecule has 0 aromatic rings. The number of likely N-dealkylation sites (tertiary alicyclic amines) is 1. The maximum Gasteiger partial charge on any atom is 0.325 e. The van der Waals surface area contributed by atoms with Gasteiger partial charge in [-0.2, -0.15) is 0 Å². The van der Waals surface area contributed by atoms with Crippen molar-refractivity contribution < 1.29 is 63.0 Å². The molecule has 9 amide bonds. The van der Waals surface area contributed by atoms with Gasteiger partial charge in [-0.3, -0.25) is 52.7 Å². The number of aliphatic carboxylic acids is 2. The van der Waals surface area contributed by atoms with E-state index < -0.39 is 140 Å². The van der Waals surface area contributed by atoms with Gasteiger partial charge in [-0.1, -0.05) is 20.3 Å². The monoisotopic (exact) mass is 838 g/mol. The van der Waals surface area contributed by atoms with Crippen molar-refractivity contribution >= 4 is 65.1 Å². The van der Waals surface area contributed by atoms with Crippen molar-refractivity contribution in [3.63, 3.8) is 0 Å². The van der Waals surface area contributed by atoms with Gasteiger partial charge < -0.3 is 63.4 Å². The lowest BCUT2D eigenvalue weighted by Gasteiger charge is -2.28. The average Bonchev–Trinajstić information content (AvgIpc) is 3.91. The largest absolute Gasteiger partial charge is 0.481 e. The standard InChI is InChI=1S/C36H58N10O13/c1-5-18(2)29(45-30(52)19(3)41-26(48)16-39-31(53)21-8-6-14-38-21)35(57)44-23(11-13-28(50)51)33(55)43-22(10-12-25(37)47)32(54)40-17-27(49)46-15-7-9-24(46)34(56)42-20(4)36(58)59/h18-24,29,38H,5-17H2,1-4H3,(H2,37,47)(H,39,53)(H,40,54)(H,41,48)(H,42,56)(H,43,55)(H,44,57)(H,45,52)(H,50,51)(H,58,59)/t18-,19-,20-,21-,22-,23-,24-,29-/m0/s1. The number of carboxylic acids is 2. The van der Waals surface area contributed by atoms with Crippen LogP contribution in [0, 0.1) is 5.92 Å². The van der Waals surface area contributed by atoms with Gasteiger partial charge in [-0.25, -0.2) is 0 Å². The summed E-state index contributed by atoms with van der Waals surface area (Å²) in [5.41, 5.74) is 5.27. The normalized spacial score (nSPS) is 19.0. The van der Waals surface area contributed by atoms with Crippen LogP contribution in [-0.4, -0.2) is 149 Å². The van der Waals surface area contributed by atoms with Crippen LogP contribution >= 0.6 is 0 Å². The smallest absolute Gasteiger partial charge is 0.325 e. The molecule has 0 saturated carbocycles. The molecule has 23 heteroatoms. The molecular formula is C36H58N10O13. The zero-order valence-electron chi connectivity index (χ0n) is 33.7. The average molecular weight is 839 g/mol. The Balaban J connectivity index is 2.13. The topological polar surface area (TPSA) is 354 Å². The molecule has 2 aliphatic rings. The van der Waals surface area contributed by atoms with E-state index in [1.54, 1.807) is 13.8 Å². The fraction of sp³-hybridized carbons (Fsp3) is 0.694. The van der Waals surface area contributed by atoms with Crippen molar-refractivity contribution in [2.45, 2.75) is 128 Å². The number of hydrogen-bond acceptors (Lipinski definition) is 12. The van der Waals surface area contributed by atoms with Crippen molar-refractivity contribution in [1.82, 2.24) is 47.4 Å². The summed E-state index contributed by atoms with van der Waals surface area (Å²) in [5.74, 6) is -10.0. The van der Waals surface area contributed by atoms with Crippen LogP contribution in [0.1, 0.15) is 85.5 Å². The molecule has 0 radical (unpaired) electrons. The zero-order chi connectivity index (χ0) is 44.4. The number of hydrogen-bond donors (Lipinski definition) is 11. The highest BCUT2D eigenvalue weighted by atomic mass is 16.4. The van der Waals surface area contributed by atoms with Crippen molar-refractivity contribution in [2.24, 2.45) is 11.7 Å². The van der Waals surface area contributed by atoms with Crippen LogP contribution < -0.4 is 48.3 Å². The third kappa shape index (κ3) is 16.5. The first-order chi connectivity index (χ1) is 27.7. The van der Waals surface area contributed by atoms with E-state index in [-0.39, 0.29) is 25.3 Å². The number of primary amides is 1. The minimum atomic E-state index is -1.58. The summed E-state index contributed by atoms with van der Waals surface area (Å²) in [6.07, 6.45) is 0.618. The number of carbonyl (C=O) groups excluding carboxylic acids is 9. The molecule has 0 unspecified atom stereocenters. The Morgan fingerprint density at radius 2 is 1.36 bits per heavy atom. The minimum Gasteiger partial charge on any atom is -0.481 e. The maximum atomic E-state index is 13.7. The fourth-order valence-electron chi connectivity index (χ4n) is 6.26. The Hall–Kier alpha value is -5.87. The van der Waals surface area contributed by atoms with E-state index in [1.807, 2.05) is 0 Å². The van der Waals surface area contributed by atoms with Crippen LogP contribution in [-0.2, 0) is 52.7 Å². The van der Waals surface area contributed by atoms with Crippen molar-refractivity contribution in [2.75, 3.05) is 26.2 Å². The fourth-order valence-corrected chi connectivity index (χ4v) is 6.26. The second-order valence-corrected chi connectivity index (χ2v) is 14.6. The van der Waals surface area contributed by atoms with Crippen LogP contribution in [0.4, 0.5) is 0 Å². The molecule has 0 bridgehead atoms. The first-order valence-corrected chi connectivity index (χ1v) is 19.6. The number of carbonyl (C=O) groups is 11. The molecule has 2 fully saturated rings. The number of nitrogens with zero attached hydrogens (tertiary/aromatic N) is 1. The molecule has 0 spiro atoms. The van der Waals surface area contributed by atoms with Gasteiger partial charge >= 0.3 is 11.9 Å². The lowest BCUT2D eigenvalue weighted by Crippen LogP contribution is -2.59. The lowest BCUT2D eigenvalue weighted by atomic mass is 9.97. The van der Waals surface area contributed by atoms with Gasteiger partial charge in [0.2, 0.25) is 53.2 Å². The van der Waals surface area contributed by atoms with Gasteiger partial charge in [0.1, 0.15) is 36.3 Å². The number of carboxylic acid groups (broad SMARTS) is 2. The molecule has 0 aromatic carbocycles. The van der Waals surface area contributed by atoms with Crippen LogP contribution in [0.15, 0.2) is 0 Å². The highest BCUT2D eigenvalue weighted by molar-refractivity contribution is 5.97. The maximum absolute atomic E-state index is 13.7. The molecule has 2 heterocycles. The van der Waals surface area contributed by atoms with Crippen molar-refractivity contribution in [3.8, 4) is 0 Å². The van der Waals surface area contributed by atoms with Gasteiger partial charge in [0, 0.05) is 19.4 Å². The van der Waals surface area contributed by atoms with Crippen molar-refractivity contribution in [1.29, 1.82) is 0 Å². The predicted octanol–water partition coefficient (Wildman–Crippen LogP) is -4.31. The van der Waals surface area contributed by atoms with Crippen LogP contribution in [0.5, 0.6) is 0 Å². The Kier molecular flexibility index (Phi) is 20.2. The molecular weight excluding hydrogens is 780 g/mol. The number of nitrogens with one attached hydrogen (secondary N) is 8. The Labute approximate surface area is 340 Å². The Bertz CT molecular complexity index is 1590. The van der Waals surface area contributed by atoms with Crippen LogP contribution in [0.2, 0.25) is 0 Å². The van der Waals surface area contributed by atoms with E-state index in [0.717, 1.165) is 6.42 Å². The quantitative estimate of drug-likeness (QED) is 0.0438. The van der Waals surface area contributed by atoms with E-state index in [4.69, 9.17) is 10.8 Å². The molecule has 12 N–H and O–H groups in total. The summed E-state index contributed by atoms with van der Waals surface area (Å²) in [4.78, 5) is 140. The second kappa shape index (κ2) is 24.1. The van der Waals surface area contributed by atoms with Crippen LogP contribution in [0.3, 0.4) is 0 Å². The van der Waals surface area contributed by atoms with Crippen molar-refractivity contribution in [3.05, 3.63) is 0 Å². The molecule has 2 aliphatic heterocycles. The van der Waals surface area contributed by atoms with Gasteiger partial charge in [0.25, 0.3) is 0 Å². The third-order valence-electron chi connectivity index (χ3n) is 9.98. The third-order valence-corrected chi connectivity index (χ3v) is 9.98. The predicted molar refractivity (Wildman–Crippen MR) is 205 cm³/mol. The Morgan fingerprint density at radius 3 is 1.95 bits per heavy atom. The van der Waals surface area contributed by atoms with E-state index in [2.05, 4.69) is 42.5 Å².